The quantitative estimate of drug-likeness (QED) is 0.661. The summed E-state index contributed by atoms with van der Waals surface area (Å²) in [4.78, 5) is 15.4. The zero-order chi connectivity index (χ0) is 22.1. The fourth-order valence-corrected chi connectivity index (χ4v) is 3.32. The maximum Gasteiger partial charge on any atom is 0.417 e. The Bertz CT molecular complexity index is 985. The Balaban J connectivity index is 1.76. The molecule has 3 rings (SSSR count). The maximum atomic E-state index is 13.2. The number of hydrogen-bond acceptors (Lipinski definition) is 3. The van der Waals surface area contributed by atoms with Crippen molar-refractivity contribution in [3.05, 3.63) is 64.7 Å². The molecule has 1 aliphatic rings. The largest absolute Gasteiger partial charge is 0.417 e. The van der Waals surface area contributed by atoms with E-state index in [9.17, 15) is 31.1 Å². The Labute approximate surface area is 167 Å². The molecule has 1 amide bonds. The average Bonchev–Trinajstić information content (AvgIpc) is 2.71. The highest BCUT2D eigenvalue weighted by atomic mass is 19.4. The first-order chi connectivity index (χ1) is 14.0. The Morgan fingerprint density at radius 2 is 1.47 bits per heavy atom. The van der Waals surface area contributed by atoms with Crippen LogP contribution in [0.5, 0.6) is 0 Å². The number of anilines is 1. The molecule has 1 fully saturated rings. The molecular formula is C20H15F6N3O. The van der Waals surface area contributed by atoms with Crippen LogP contribution >= 0.6 is 0 Å². The number of nitrogens with zero attached hydrogens (tertiary/aromatic N) is 3. The molecule has 158 valence electrons. The molecule has 2 aromatic rings. The van der Waals surface area contributed by atoms with Gasteiger partial charge in [0.25, 0.3) is 5.91 Å². The van der Waals surface area contributed by atoms with Crippen LogP contribution in [0, 0.1) is 11.3 Å². The lowest BCUT2D eigenvalue weighted by Crippen LogP contribution is -2.49. The molecule has 0 radical (unpaired) electrons. The van der Waals surface area contributed by atoms with E-state index in [2.05, 4.69) is 0 Å². The summed E-state index contributed by atoms with van der Waals surface area (Å²) >= 11 is 0. The summed E-state index contributed by atoms with van der Waals surface area (Å²) < 4.78 is 79.0. The first-order valence-corrected chi connectivity index (χ1v) is 8.84. The minimum atomic E-state index is -4.69. The zero-order valence-electron chi connectivity index (χ0n) is 15.4. The Kier molecular flexibility index (Phi) is 5.65. The van der Waals surface area contributed by atoms with Crippen LogP contribution in [0.1, 0.15) is 27.0 Å². The van der Waals surface area contributed by atoms with Gasteiger partial charge in [0.2, 0.25) is 0 Å². The molecule has 30 heavy (non-hydrogen) atoms. The van der Waals surface area contributed by atoms with Crippen LogP contribution in [0.2, 0.25) is 0 Å². The maximum absolute atomic E-state index is 13.2. The predicted octanol–water partition coefficient (Wildman–Crippen LogP) is 4.56. The third-order valence-electron chi connectivity index (χ3n) is 4.82. The summed E-state index contributed by atoms with van der Waals surface area (Å²) in [7, 11) is 0. The van der Waals surface area contributed by atoms with Gasteiger partial charge < -0.3 is 9.80 Å². The summed E-state index contributed by atoms with van der Waals surface area (Å²) in [6.45, 7) is 0.380. The summed E-state index contributed by atoms with van der Waals surface area (Å²) in [5.74, 6) is -0.779. The van der Waals surface area contributed by atoms with Gasteiger partial charge in [-0.3, -0.25) is 4.79 Å². The molecule has 10 heteroatoms. The highest BCUT2D eigenvalue weighted by molar-refractivity contribution is 5.96. The highest BCUT2D eigenvalue weighted by Crippen LogP contribution is 2.35. The molecule has 2 aromatic carbocycles. The molecule has 1 saturated heterocycles. The van der Waals surface area contributed by atoms with Gasteiger partial charge in [-0.05, 0) is 30.3 Å². The number of halogens is 6. The smallest absolute Gasteiger partial charge is 0.368 e. The van der Waals surface area contributed by atoms with Crippen molar-refractivity contribution in [2.24, 2.45) is 0 Å². The monoisotopic (exact) mass is 427 g/mol. The predicted molar refractivity (Wildman–Crippen MR) is 95.7 cm³/mol. The van der Waals surface area contributed by atoms with E-state index in [0.29, 0.717) is 0 Å². The van der Waals surface area contributed by atoms with Gasteiger partial charge in [0.15, 0.2) is 0 Å². The SMILES string of the molecule is N#Cc1ccc(N2CCN(C(=O)c3ccccc3C(F)(F)F)CC2)cc1C(F)(F)F. The molecule has 1 heterocycles. The van der Waals surface area contributed by atoms with Gasteiger partial charge >= 0.3 is 12.4 Å². The van der Waals surface area contributed by atoms with Crippen molar-refractivity contribution in [1.29, 1.82) is 5.26 Å². The van der Waals surface area contributed by atoms with Crippen LogP contribution in [-0.2, 0) is 12.4 Å². The van der Waals surface area contributed by atoms with Crippen LogP contribution in [0.25, 0.3) is 0 Å². The van der Waals surface area contributed by atoms with Crippen molar-refractivity contribution in [3.63, 3.8) is 0 Å². The summed E-state index contributed by atoms with van der Waals surface area (Å²) in [6.07, 6.45) is -9.37. The van der Waals surface area contributed by atoms with Gasteiger partial charge in [-0.15, -0.1) is 0 Å². The van der Waals surface area contributed by atoms with Crippen molar-refractivity contribution in [1.82, 2.24) is 4.90 Å². The van der Waals surface area contributed by atoms with E-state index in [1.807, 2.05) is 0 Å². The Hall–Kier alpha value is -3.22. The number of rotatable bonds is 2. The van der Waals surface area contributed by atoms with Crippen molar-refractivity contribution in [2.45, 2.75) is 12.4 Å². The number of alkyl halides is 6. The molecule has 1 aliphatic heterocycles. The number of amides is 1. The number of carbonyl (C=O) groups excluding carboxylic acids is 1. The van der Waals surface area contributed by atoms with Crippen molar-refractivity contribution in [3.8, 4) is 6.07 Å². The van der Waals surface area contributed by atoms with Crippen LogP contribution in [0.4, 0.5) is 32.0 Å². The number of carbonyl (C=O) groups is 1. The van der Waals surface area contributed by atoms with Crippen molar-refractivity contribution in [2.75, 3.05) is 31.1 Å². The number of piperazine rings is 1. The van der Waals surface area contributed by atoms with E-state index in [4.69, 9.17) is 5.26 Å². The molecule has 0 N–H and O–H groups in total. The lowest BCUT2D eigenvalue weighted by molar-refractivity contribution is -0.138. The van der Waals surface area contributed by atoms with Gasteiger partial charge in [0.05, 0.1) is 28.3 Å². The third kappa shape index (κ3) is 4.35. The second kappa shape index (κ2) is 7.89. The average molecular weight is 427 g/mol. The standard InChI is InChI=1S/C20H15F6N3O/c21-19(22,23)16-4-2-1-3-15(16)18(30)29-9-7-28(8-10-29)14-6-5-13(12-27)17(11-14)20(24,25)26/h1-6,11H,7-10H2. The lowest BCUT2D eigenvalue weighted by atomic mass is 10.0. The van der Waals surface area contributed by atoms with E-state index in [-0.39, 0.29) is 31.9 Å². The first-order valence-electron chi connectivity index (χ1n) is 8.84. The van der Waals surface area contributed by atoms with Crippen LogP contribution < -0.4 is 4.90 Å². The molecule has 0 aliphatic carbocycles. The zero-order valence-corrected chi connectivity index (χ0v) is 15.4. The molecule has 0 spiro atoms. The molecule has 0 bridgehead atoms. The number of benzene rings is 2. The molecule has 0 unspecified atom stereocenters. The molecule has 0 atom stereocenters. The number of hydrogen-bond donors (Lipinski definition) is 0. The van der Waals surface area contributed by atoms with Crippen LogP contribution in [-0.4, -0.2) is 37.0 Å². The molecule has 4 nitrogen and oxygen atoms in total. The van der Waals surface area contributed by atoms with Gasteiger partial charge in [0, 0.05) is 31.9 Å². The van der Waals surface area contributed by atoms with Crippen LogP contribution in [0.3, 0.4) is 0 Å². The minimum absolute atomic E-state index is 0.0480. The summed E-state index contributed by atoms with van der Waals surface area (Å²) in [6, 6.07) is 9.31. The number of nitriles is 1. The van der Waals surface area contributed by atoms with Crippen molar-refractivity contribution >= 4 is 11.6 Å². The van der Waals surface area contributed by atoms with E-state index in [1.165, 1.54) is 29.2 Å². The topological polar surface area (TPSA) is 47.3 Å². The van der Waals surface area contributed by atoms with Gasteiger partial charge in [-0.25, -0.2) is 0 Å². The minimum Gasteiger partial charge on any atom is -0.368 e. The van der Waals surface area contributed by atoms with Gasteiger partial charge in [-0.2, -0.15) is 31.6 Å². The van der Waals surface area contributed by atoms with Crippen molar-refractivity contribution < 1.29 is 31.1 Å². The Morgan fingerprint density at radius 1 is 0.867 bits per heavy atom. The third-order valence-corrected chi connectivity index (χ3v) is 4.82. The fourth-order valence-electron chi connectivity index (χ4n) is 3.32. The fraction of sp³-hybridized carbons (Fsp3) is 0.300. The summed E-state index contributed by atoms with van der Waals surface area (Å²) in [5, 5.41) is 8.88. The first kappa shape index (κ1) is 21.5. The van der Waals surface area contributed by atoms with E-state index in [0.717, 1.165) is 24.3 Å². The normalized spacial score (nSPS) is 15.1. The second-order valence-corrected chi connectivity index (χ2v) is 6.66. The summed E-state index contributed by atoms with van der Waals surface area (Å²) in [5.41, 5.74) is -2.82. The molecule has 0 aromatic heterocycles. The highest BCUT2D eigenvalue weighted by Gasteiger charge is 2.37. The van der Waals surface area contributed by atoms with E-state index >= 15 is 0 Å². The van der Waals surface area contributed by atoms with Gasteiger partial charge in [0.1, 0.15) is 0 Å². The second-order valence-electron chi connectivity index (χ2n) is 6.66. The molecule has 0 saturated carbocycles. The van der Waals surface area contributed by atoms with E-state index < -0.39 is 40.5 Å². The van der Waals surface area contributed by atoms with Crippen LogP contribution in [0.15, 0.2) is 42.5 Å². The van der Waals surface area contributed by atoms with E-state index in [1.54, 1.807) is 4.90 Å². The lowest BCUT2D eigenvalue weighted by Gasteiger charge is -2.36. The van der Waals surface area contributed by atoms with Gasteiger partial charge in [-0.1, -0.05) is 12.1 Å². The Morgan fingerprint density at radius 3 is 2.03 bits per heavy atom. The molecular weight excluding hydrogens is 412 g/mol.